The van der Waals surface area contributed by atoms with E-state index in [9.17, 15) is 15.3 Å². The Balaban J connectivity index is 2.29. The number of phenols is 2. The van der Waals surface area contributed by atoms with Crippen molar-refractivity contribution in [3.8, 4) is 11.5 Å². The second kappa shape index (κ2) is 2.89. The maximum atomic E-state index is 9.67. The molecule has 0 radical (unpaired) electrons. The summed E-state index contributed by atoms with van der Waals surface area (Å²) < 4.78 is 0. The molecule has 0 aliphatic heterocycles. The number of hydrogen-bond acceptors (Lipinski definition) is 3. The van der Waals surface area contributed by atoms with Gasteiger partial charge in [0.2, 0.25) is 0 Å². The molecule has 0 aromatic heterocycles. The highest BCUT2D eigenvalue weighted by molar-refractivity contribution is 5.45. The topological polar surface area (TPSA) is 60.7 Å². The SMILES string of the molecule is Cc1cc(O)c(CC2(O)CC2)cc1O. The molecule has 0 atom stereocenters. The Hall–Kier alpha value is -1.22. The first-order valence-corrected chi connectivity index (χ1v) is 4.74. The average Bonchev–Trinajstić information content (AvgIpc) is 2.80. The molecule has 0 saturated heterocycles. The van der Waals surface area contributed by atoms with Crippen LogP contribution in [0.1, 0.15) is 24.0 Å². The molecule has 3 heteroatoms. The van der Waals surface area contributed by atoms with E-state index < -0.39 is 5.60 Å². The van der Waals surface area contributed by atoms with Gasteiger partial charge in [-0.1, -0.05) is 0 Å². The molecule has 0 bridgehead atoms. The predicted molar refractivity (Wildman–Crippen MR) is 52.4 cm³/mol. The van der Waals surface area contributed by atoms with Crippen LogP contribution >= 0.6 is 0 Å². The maximum absolute atomic E-state index is 9.67. The molecule has 2 rings (SSSR count). The van der Waals surface area contributed by atoms with E-state index >= 15 is 0 Å². The van der Waals surface area contributed by atoms with Gasteiger partial charge in [0.25, 0.3) is 0 Å². The third kappa shape index (κ3) is 1.68. The zero-order valence-corrected chi connectivity index (χ0v) is 8.12. The summed E-state index contributed by atoms with van der Waals surface area (Å²) in [6, 6.07) is 3.05. The normalized spacial score (nSPS) is 18.1. The number of phenolic OH excluding ortho intramolecular Hbond substituents is 2. The smallest absolute Gasteiger partial charge is 0.119 e. The van der Waals surface area contributed by atoms with Gasteiger partial charge in [0.15, 0.2) is 0 Å². The summed E-state index contributed by atoms with van der Waals surface area (Å²) in [6.45, 7) is 1.73. The van der Waals surface area contributed by atoms with Gasteiger partial charge in [-0.3, -0.25) is 0 Å². The van der Waals surface area contributed by atoms with E-state index in [2.05, 4.69) is 0 Å². The van der Waals surface area contributed by atoms with Crippen LogP contribution in [0.15, 0.2) is 12.1 Å². The number of aromatic hydroxyl groups is 2. The van der Waals surface area contributed by atoms with Gasteiger partial charge in [0, 0.05) is 12.0 Å². The van der Waals surface area contributed by atoms with Gasteiger partial charge < -0.3 is 15.3 Å². The standard InChI is InChI=1S/C11H14O3/c1-7-4-10(13)8(5-9(7)12)6-11(14)2-3-11/h4-5,12-14H,2-3,6H2,1H3. The molecule has 1 aromatic carbocycles. The number of rotatable bonds is 2. The van der Waals surface area contributed by atoms with Gasteiger partial charge in [-0.2, -0.15) is 0 Å². The zero-order chi connectivity index (χ0) is 10.3. The predicted octanol–water partition coefficient (Wildman–Crippen LogP) is 1.47. The van der Waals surface area contributed by atoms with E-state index in [0.717, 1.165) is 12.8 Å². The fraction of sp³-hybridized carbons (Fsp3) is 0.455. The van der Waals surface area contributed by atoms with Crippen LogP contribution in [0.4, 0.5) is 0 Å². The molecule has 0 unspecified atom stereocenters. The highest BCUT2D eigenvalue weighted by atomic mass is 16.3. The van der Waals surface area contributed by atoms with E-state index in [1.165, 1.54) is 12.1 Å². The van der Waals surface area contributed by atoms with E-state index in [0.29, 0.717) is 17.5 Å². The van der Waals surface area contributed by atoms with Crippen LogP contribution in [0.5, 0.6) is 11.5 Å². The van der Waals surface area contributed by atoms with Crippen LogP contribution in [0.25, 0.3) is 0 Å². The molecule has 1 fully saturated rings. The molecular formula is C11H14O3. The van der Waals surface area contributed by atoms with E-state index in [4.69, 9.17) is 0 Å². The summed E-state index contributed by atoms with van der Waals surface area (Å²) in [7, 11) is 0. The third-order valence-corrected chi connectivity index (χ3v) is 2.74. The molecule has 1 aromatic rings. The first-order chi connectivity index (χ1) is 6.50. The summed E-state index contributed by atoms with van der Waals surface area (Å²) in [5.74, 6) is 0.322. The molecule has 1 saturated carbocycles. The van der Waals surface area contributed by atoms with Crippen LogP contribution in [-0.4, -0.2) is 20.9 Å². The minimum atomic E-state index is -0.640. The molecule has 76 valence electrons. The molecule has 1 aliphatic carbocycles. The summed E-state index contributed by atoms with van der Waals surface area (Å²) >= 11 is 0. The average molecular weight is 194 g/mol. The Morgan fingerprint density at radius 1 is 1.21 bits per heavy atom. The van der Waals surface area contributed by atoms with Crippen molar-refractivity contribution in [2.45, 2.75) is 31.8 Å². The fourth-order valence-corrected chi connectivity index (χ4v) is 1.54. The number of hydrogen-bond donors (Lipinski definition) is 3. The Morgan fingerprint density at radius 3 is 2.43 bits per heavy atom. The molecule has 1 aliphatic rings. The van der Waals surface area contributed by atoms with Crippen molar-refractivity contribution in [2.24, 2.45) is 0 Å². The Bertz CT molecular complexity index is 367. The van der Waals surface area contributed by atoms with Crippen LogP contribution in [0.3, 0.4) is 0 Å². The lowest BCUT2D eigenvalue weighted by atomic mass is 10.0. The molecule has 3 nitrogen and oxygen atoms in total. The third-order valence-electron chi connectivity index (χ3n) is 2.74. The lowest BCUT2D eigenvalue weighted by Gasteiger charge is -2.10. The number of aliphatic hydroxyl groups is 1. The van der Waals surface area contributed by atoms with Crippen LogP contribution in [0.2, 0.25) is 0 Å². The van der Waals surface area contributed by atoms with Crippen molar-refractivity contribution in [3.63, 3.8) is 0 Å². The largest absolute Gasteiger partial charge is 0.508 e. The quantitative estimate of drug-likeness (QED) is 0.625. The second-order valence-corrected chi connectivity index (χ2v) is 4.17. The molecule has 3 N–H and O–H groups in total. The van der Waals surface area contributed by atoms with Crippen molar-refractivity contribution < 1.29 is 15.3 Å². The van der Waals surface area contributed by atoms with E-state index in [1.54, 1.807) is 6.92 Å². The lowest BCUT2D eigenvalue weighted by Crippen LogP contribution is -2.10. The Labute approximate surface area is 82.6 Å². The number of aryl methyl sites for hydroxylation is 1. The molecule has 14 heavy (non-hydrogen) atoms. The second-order valence-electron chi connectivity index (χ2n) is 4.17. The van der Waals surface area contributed by atoms with Gasteiger partial charge in [-0.15, -0.1) is 0 Å². The van der Waals surface area contributed by atoms with Gasteiger partial charge in [0.1, 0.15) is 11.5 Å². The summed E-state index contributed by atoms with van der Waals surface area (Å²) in [4.78, 5) is 0. The lowest BCUT2D eigenvalue weighted by molar-refractivity contribution is 0.150. The molecular weight excluding hydrogens is 180 g/mol. The van der Waals surface area contributed by atoms with Gasteiger partial charge >= 0.3 is 0 Å². The highest BCUT2D eigenvalue weighted by Gasteiger charge is 2.40. The molecule has 0 heterocycles. The van der Waals surface area contributed by atoms with Gasteiger partial charge in [-0.25, -0.2) is 0 Å². The van der Waals surface area contributed by atoms with Crippen LogP contribution in [-0.2, 0) is 6.42 Å². The van der Waals surface area contributed by atoms with Crippen LogP contribution < -0.4 is 0 Å². The maximum Gasteiger partial charge on any atom is 0.119 e. The number of benzene rings is 1. The van der Waals surface area contributed by atoms with Crippen molar-refractivity contribution in [3.05, 3.63) is 23.3 Å². The highest BCUT2D eigenvalue weighted by Crippen LogP contribution is 2.40. The van der Waals surface area contributed by atoms with Crippen LogP contribution in [0, 0.1) is 6.92 Å². The first-order valence-electron chi connectivity index (χ1n) is 4.74. The van der Waals surface area contributed by atoms with Crippen molar-refractivity contribution in [1.82, 2.24) is 0 Å². The van der Waals surface area contributed by atoms with Gasteiger partial charge in [0.05, 0.1) is 5.60 Å². The van der Waals surface area contributed by atoms with E-state index in [1.807, 2.05) is 0 Å². The Morgan fingerprint density at radius 2 is 1.86 bits per heavy atom. The minimum absolute atomic E-state index is 0.153. The van der Waals surface area contributed by atoms with Crippen molar-refractivity contribution >= 4 is 0 Å². The monoisotopic (exact) mass is 194 g/mol. The summed E-state index contributed by atoms with van der Waals surface area (Å²) in [5, 5.41) is 28.7. The minimum Gasteiger partial charge on any atom is -0.508 e. The summed E-state index contributed by atoms with van der Waals surface area (Å²) in [6.07, 6.45) is 1.98. The van der Waals surface area contributed by atoms with Crippen molar-refractivity contribution in [1.29, 1.82) is 0 Å². The summed E-state index contributed by atoms with van der Waals surface area (Å²) in [5.41, 5.74) is 0.626. The first kappa shape index (κ1) is 9.34. The zero-order valence-electron chi connectivity index (χ0n) is 8.12. The molecule has 0 amide bonds. The van der Waals surface area contributed by atoms with E-state index in [-0.39, 0.29) is 11.5 Å². The van der Waals surface area contributed by atoms with Crippen molar-refractivity contribution in [2.75, 3.05) is 0 Å². The Kier molecular flexibility index (Phi) is 1.93. The fourth-order valence-electron chi connectivity index (χ4n) is 1.54. The molecule has 0 spiro atoms. The van der Waals surface area contributed by atoms with Gasteiger partial charge in [-0.05, 0) is 37.5 Å².